The van der Waals surface area contributed by atoms with E-state index in [2.05, 4.69) is 5.10 Å². The fraction of sp³-hybridized carbons (Fsp3) is 0.308. The van der Waals surface area contributed by atoms with Gasteiger partial charge in [0.05, 0.1) is 18.5 Å². The number of rotatable bonds is 3. The van der Waals surface area contributed by atoms with Gasteiger partial charge in [-0.2, -0.15) is 17.6 Å². The van der Waals surface area contributed by atoms with Crippen molar-refractivity contribution in [1.82, 2.24) is 9.19 Å². The zero-order valence-corrected chi connectivity index (χ0v) is 13.2. The van der Waals surface area contributed by atoms with Crippen molar-refractivity contribution in [2.45, 2.75) is 25.7 Å². The maximum Gasteiger partial charge on any atom is 0.286 e. The van der Waals surface area contributed by atoms with Crippen molar-refractivity contribution in [3.05, 3.63) is 40.2 Å². The first-order valence-corrected chi connectivity index (χ1v) is 7.72. The van der Waals surface area contributed by atoms with Crippen LogP contribution in [0.4, 0.5) is 0 Å². The molecule has 0 aliphatic rings. The summed E-state index contributed by atoms with van der Waals surface area (Å²) in [5.74, 6) is 0.249. The van der Waals surface area contributed by atoms with Crippen molar-refractivity contribution >= 4 is 21.6 Å². The first-order valence-electron chi connectivity index (χ1n) is 5.90. The van der Waals surface area contributed by atoms with Crippen molar-refractivity contribution in [1.29, 1.82) is 0 Å². The number of nitrogens with zero attached hydrogens (tertiary/aromatic N) is 2. The predicted molar refractivity (Wildman–Crippen MR) is 77.0 cm³/mol. The third kappa shape index (κ3) is 2.41. The number of ether oxygens (including phenoxy) is 1. The molecule has 1 aromatic heterocycles. The van der Waals surface area contributed by atoms with E-state index >= 15 is 0 Å². The Labute approximate surface area is 123 Å². The SMILES string of the molecule is COc1cc(C)c(Cl)cc1S(=O)(=O)n1nc(C)cc1C. The highest BCUT2D eigenvalue weighted by atomic mass is 35.5. The summed E-state index contributed by atoms with van der Waals surface area (Å²) in [5, 5.41) is 4.38. The highest BCUT2D eigenvalue weighted by molar-refractivity contribution is 7.90. The summed E-state index contributed by atoms with van der Waals surface area (Å²) < 4.78 is 31.5. The topological polar surface area (TPSA) is 61.2 Å². The molecule has 5 nitrogen and oxygen atoms in total. The Kier molecular flexibility index (Phi) is 3.80. The Morgan fingerprint density at radius 2 is 1.85 bits per heavy atom. The summed E-state index contributed by atoms with van der Waals surface area (Å²) >= 11 is 6.03. The number of benzene rings is 1. The van der Waals surface area contributed by atoms with Crippen molar-refractivity contribution in [3.8, 4) is 5.75 Å². The quantitative estimate of drug-likeness (QED) is 0.874. The molecule has 0 unspecified atom stereocenters. The molecule has 7 heteroatoms. The second kappa shape index (κ2) is 5.10. The molecule has 1 aromatic carbocycles. The number of methoxy groups -OCH3 is 1. The minimum absolute atomic E-state index is 0.00167. The van der Waals surface area contributed by atoms with Crippen LogP contribution < -0.4 is 4.74 Å². The van der Waals surface area contributed by atoms with E-state index in [9.17, 15) is 8.42 Å². The van der Waals surface area contributed by atoms with Crippen LogP contribution in [0.1, 0.15) is 17.0 Å². The third-order valence-electron chi connectivity index (χ3n) is 2.92. The second-order valence-electron chi connectivity index (χ2n) is 4.53. The minimum Gasteiger partial charge on any atom is -0.495 e. The highest BCUT2D eigenvalue weighted by Gasteiger charge is 2.25. The molecule has 0 saturated heterocycles. The Morgan fingerprint density at radius 3 is 2.35 bits per heavy atom. The van der Waals surface area contributed by atoms with Crippen LogP contribution >= 0.6 is 11.6 Å². The monoisotopic (exact) mass is 314 g/mol. The normalized spacial score (nSPS) is 11.7. The largest absolute Gasteiger partial charge is 0.495 e. The molecule has 0 spiro atoms. The zero-order valence-electron chi connectivity index (χ0n) is 11.6. The average molecular weight is 315 g/mol. The molecule has 2 rings (SSSR count). The number of aryl methyl sites for hydroxylation is 3. The summed E-state index contributed by atoms with van der Waals surface area (Å²) in [5.41, 5.74) is 1.90. The molecule has 0 aliphatic heterocycles. The zero-order chi connectivity index (χ0) is 15.1. The van der Waals surface area contributed by atoms with Gasteiger partial charge >= 0.3 is 0 Å². The van der Waals surface area contributed by atoms with E-state index in [0.29, 0.717) is 16.4 Å². The third-order valence-corrected chi connectivity index (χ3v) is 5.03. The smallest absolute Gasteiger partial charge is 0.286 e. The van der Waals surface area contributed by atoms with Crippen LogP contribution in [0.5, 0.6) is 5.75 Å². The molecule has 2 aromatic rings. The summed E-state index contributed by atoms with van der Waals surface area (Å²) in [6.45, 7) is 5.20. The molecule has 0 amide bonds. The average Bonchev–Trinajstić information content (AvgIpc) is 2.71. The Hall–Kier alpha value is -1.53. The minimum atomic E-state index is -3.83. The molecule has 0 bridgehead atoms. The van der Waals surface area contributed by atoms with E-state index < -0.39 is 10.0 Å². The van der Waals surface area contributed by atoms with Crippen molar-refractivity contribution < 1.29 is 13.2 Å². The van der Waals surface area contributed by atoms with E-state index in [1.54, 1.807) is 32.9 Å². The van der Waals surface area contributed by atoms with Gasteiger partial charge in [-0.1, -0.05) is 11.6 Å². The maximum atomic E-state index is 12.7. The lowest BCUT2D eigenvalue weighted by Crippen LogP contribution is -2.17. The molecule has 20 heavy (non-hydrogen) atoms. The predicted octanol–water partition coefficient (Wildman–Crippen LogP) is 2.71. The lowest BCUT2D eigenvalue weighted by molar-refractivity contribution is 0.402. The molecule has 0 aliphatic carbocycles. The molecule has 1 heterocycles. The maximum absolute atomic E-state index is 12.7. The van der Waals surface area contributed by atoms with Gasteiger partial charge in [-0.05, 0) is 44.5 Å². The van der Waals surface area contributed by atoms with Crippen molar-refractivity contribution in [3.63, 3.8) is 0 Å². The van der Waals surface area contributed by atoms with E-state index in [0.717, 1.165) is 9.65 Å². The molecule has 0 atom stereocenters. The van der Waals surface area contributed by atoms with Gasteiger partial charge in [0.25, 0.3) is 10.0 Å². The van der Waals surface area contributed by atoms with Gasteiger partial charge in [0.1, 0.15) is 10.6 Å². The van der Waals surface area contributed by atoms with Crippen molar-refractivity contribution in [2.75, 3.05) is 7.11 Å². The summed E-state index contributed by atoms with van der Waals surface area (Å²) in [6, 6.07) is 4.68. The van der Waals surface area contributed by atoms with Gasteiger partial charge in [0.2, 0.25) is 0 Å². The second-order valence-corrected chi connectivity index (χ2v) is 6.67. The van der Waals surface area contributed by atoms with E-state index in [4.69, 9.17) is 16.3 Å². The van der Waals surface area contributed by atoms with Gasteiger partial charge in [0.15, 0.2) is 0 Å². The molecular weight excluding hydrogens is 300 g/mol. The van der Waals surface area contributed by atoms with Gasteiger partial charge in [-0.25, -0.2) is 0 Å². The van der Waals surface area contributed by atoms with Gasteiger partial charge in [-0.3, -0.25) is 0 Å². The van der Waals surface area contributed by atoms with Crippen LogP contribution in [0.2, 0.25) is 5.02 Å². The lowest BCUT2D eigenvalue weighted by atomic mass is 10.2. The Morgan fingerprint density at radius 1 is 1.20 bits per heavy atom. The van der Waals surface area contributed by atoms with Crippen LogP contribution in [0.25, 0.3) is 0 Å². The van der Waals surface area contributed by atoms with E-state index in [1.807, 2.05) is 0 Å². The van der Waals surface area contributed by atoms with Crippen LogP contribution in [-0.4, -0.2) is 24.7 Å². The molecule has 0 fully saturated rings. The van der Waals surface area contributed by atoms with Crippen LogP contribution in [0.15, 0.2) is 23.1 Å². The highest BCUT2D eigenvalue weighted by Crippen LogP contribution is 2.31. The number of hydrogen-bond donors (Lipinski definition) is 0. The fourth-order valence-corrected chi connectivity index (χ4v) is 3.69. The number of halogens is 1. The Bertz CT molecular complexity index is 766. The van der Waals surface area contributed by atoms with Crippen LogP contribution in [0, 0.1) is 20.8 Å². The van der Waals surface area contributed by atoms with E-state index in [-0.39, 0.29) is 10.6 Å². The first-order chi connectivity index (χ1) is 9.27. The molecule has 0 N–H and O–H groups in total. The van der Waals surface area contributed by atoms with Gasteiger partial charge in [-0.15, -0.1) is 0 Å². The first kappa shape index (κ1) is 14.9. The summed E-state index contributed by atoms with van der Waals surface area (Å²) in [7, 11) is -2.42. The van der Waals surface area contributed by atoms with Gasteiger partial charge in [0, 0.05) is 5.02 Å². The standard InChI is InChI=1S/C13H15ClN2O3S/c1-8-5-12(19-4)13(7-11(8)14)20(17,18)16-10(3)6-9(2)15-16/h5-7H,1-4H3. The Balaban J connectivity index is 2.72. The van der Waals surface area contributed by atoms with Crippen LogP contribution in [-0.2, 0) is 10.0 Å². The lowest BCUT2D eigenvalue weighted by Gasteiger charge is -2.12. The summed E-state index contributed by atoms with van der Waals surface area (Å²) in [4.78, 5) is 0.00167. The van der Waals surface area contributed by atoms with Crippen molar-refractivity contribution in [2.24, 2.45) is 0 Å². The fourth-order valence-electron chi connectivity index (χ4n) is 1.94. The number of hydrogen-bond acceptors (Lipinski definition) is 4. The molecule has 108 valence electrons. The van der Waals surface area contributed by atoms with E-state index in [1.165, 1.54) is 13.2 Å². The molecule has 0 saturated carbocycles. The summed E-state index contributed by atoms with van der Waals surface area (Å²) in [6.07, 6.45) is 0. The molecular formula is C13H15ClN2O3S. The number of aromatic nitrogens is 2. The van der Waals surface area contributed by atoms with Gasteiger partial charge < -0.3 is 4.74 Å². The van der Waals surface area contributed by atoms with Crippen LogP contribution in [0.3, 0.4) is 0 Å². The molecule has 0 radical (unpaired) electrons.